The Kier molecular flexibility index (Phi) is 4.01. The van der Waals surface area contributed by atoms with Gasteiger partial charge in [-0.15, -0.1) is 12.6 Å². The van der Waals surface area contributed by atoms with Crippen molar-refractivity contribution in [2.24, 2.45) is 0 Å². The van der Waals surface area contributed by atoms with Crippen LogP contribution in [0.25, 0.3) is 5.65 Å². The van der Waals surface area contributed by atoms with Gasteiger partial charge >= 0.3 is 0 Å². The minimum absolute atomic E-state index is 0.640. The number of fused-ring (bicyclic) bond motifs is 1. The van der Waals surface area contributed by atoms with E-state index in [-0.39, 0.29) is 0 Å². The van der Waals surface area contributed by atoms with E-state index in [0.29, 0.717) is 11.2 Å². The average molecular weight is 322 g/mol. The molecular weight excluding hydrogens is 304 g/mol. The van der Waals surface area contributed by atoms with Crippen molar-refractivity contribution in [1.29, 1.82) is 5.26 Å². The van der Waals surface area contributed by atoms with Crippen LogP contribution >= 0.6 is 12.6 Å². The molecule has 0 aliphatic carbocycles. The summed E-state index contributed by atoms with van der Waals surface area (Å²) < 4.78 is 1.99. The summed E-state index contributed by atoms with van der Waals surface area (Å²) in [5.74, 6) is 1.06. The zero-order chi connectivity index (χ0) is 16.6. The van der Waals surface area contributed by atoms with Gasteiger partial charge in [0.15, 0.2) is 5.65 Å². The lowest BCUT2D eigenvalue weighted by atomic mass is 9.97. The molecule has 3 aromatic rings. The van der Waals surface area contributed by atoms with Gasteiger partial charge in [0.2, 0.25) is 0 Å². The monoisotopic (exact) mass is 322 g/mol. The van der Waals surface area contributed by atoms with E-state index in [1.165, 1.54) is 5.56 Å². The summed E-state index contributed by atoms with van der Waals surface area (Å²) in [7, 11) is 4.03. The Morgan fingerprint density at radius 2 is 1.96 bits per heavy atom. The van der Waals surface area contributed by atoms with Gasteiger partial charge in [0.1, 0.15) is 11.9 Å². The van der Waals surface area contributed by atoms with Gasteiger partial charge < -0.3 is 4.90 Å². The zero-order valence-corrected chi connectivity index (χ0v) is 14.3. The first-order chi connectivity index (χ1) is 11.0. The Bertz CT molecular complexity index is 901. The molecule has 0 aliphatic heterocycles. The first kappa shape index (κ1) is 15.4. The van der Waals surface area contributed by atoms with E-state index in [9.17, 15) is 5.26 Å². The topological polar surface area (TPSA) is 44.3 Å². The summed E-state index contributed by atoms with van der Waals surface area (Å²) in [6.45, 7) is 2.00. The molecule has 0 amide bonds. The number of nitrogens with zero attached hydrogens (tertiary/aromatic N) is 4. The SMILES string of the molecule is Cc1c(Cc2ccc(S)cc2)c(N(C)C)n2ccnc2c1C#N. The van der Waals surface area contributed by atoms with E-state index in [1.807, 2.05) is 43.7 Å². The molecule has 0 saturated heterocycles. The molecule has 1 aromatic carbocycles. The normalized spacial score (nSPS) is 10.7. The first-order valence-electron chi connectivity index (χ1n) is 7.36. The highest BCUT2D eigenvalue weighted by Crippen LogP contribution is 2.30. The summed E-state index contributed by atoms with van der Waals surface area (Å²) in [5, 5.41) is 9.56. The van der Waals surface area contributed by atoms with Crippen molar-refractivity contribution in [2.75, 3.05) is 19.0 Å². The summed E-state index contributed by atoms with van der Waals surface area (Å²) in [6, 6.07) is 10.4. The lowest BCUT2D eigenvalue weighted by molar-refractivity contribution is 0.973. The highest BCUT2D eigenvalue weighted by atomic mass is 32.1. The molecule has 0 fully saturated rings. The number of aromatic nitrogens is 2. The summed E-state index contributed by atoms with van der Waals surface area (Å²) in [4.78, 5) is 7.38. The Labute approximate surface area is 141 Å². The standard InChI is InChI=1S/C18H18N4S/c1-12-15(10-13-4-6-14(23)7-5-13)18(21(2)3)22-9-8-20-17(22)16(12)11-19/h4-9,23H,10H2,1-3H3. The van der Waals surface area contributed by atoms with Crippen molar-refractivity contribution in [2.45, 2.75) is 18.2 Å². The van der Waals surface area contributed by atoms with Crippen LogP contribution in [-0.4, -0.2) is 23.5 Å². The number of thiol groups is 1. The summed E-state index contributed by atoms with van der Waals surface area (Å²) in [5.41, 5.74) is 4.68. The third-order valence-electron chi connectivity index (χ3n) is 4.04. The number of hydrogen-bond acceptors (Lipinski definition) is 4. The van der Waals surface area contributed by atoms with Gasteiger partial charge in [-0.25, -0.2) is 4.98 Å². The highest BCUT2D eigenvalue weighted by Gasteiger charge is 2.19. The quantitative estimate of drug-likeness (QED) is 0.751. The fourth-order valence-electron chi connectivity index (χ4n) is 2.94. The van der Waals surface area contributed by atoms with Gasteiger partial charge in [0.25, 0.3) is 0 Å². The summed E-state index contributed by atoms with van der Waals surface area (Å²) in [6.07, 6.45) is 4.41. The largest absolute Gasteiger partial charge is 0.364 e. The number of hydrogen-bond donors (Lipinski definition) is 1. The van der Waals surface area contributed by atoms with Gasteiger partial charge in [-0.1, -0.05) is 12.1 Å². The Morgan fingerprint density at radius 3 is 2.57 bits per heavy atom. The van der Waals surface area contributed by atoms with E-state index >= 15 is 0 Å². The van der Waals surface area contributed by atoms with Crippen molar-refractivity contribution >= 4 is 24.1 Å². The van der Waals surface area contributed by atoms with Crippen LogP contribution in [-0.2, 0) is 6.42 Å². The number of imidazole rings is 1. The molecule has 116 valence electrons. The third kappa shape index (κ3) is 2.66. The zero-order valence-electron chi connectivity index (χ0n) is 13.4. The molecule has 2 aromatic heterocycles. The molecule has 0 aliphatic rings. The van der Waals surface area contributed by atoms with Crippen LogP contribution in [0.2, 0.25) is 0 Å². The number of benzene rings is 1. The molecule has 4 nitrogen and oxygen atoms in total. The minimum atomic E-state index is 0.640. The highest BCUT2D eigenvalue weighted by molar-refractivity contribution is 7.80. The lowest BCUT2D eigenvalue weighted by Crippen LogP contribution is -2.17. The first-order valence-corrected chi connectivity index (χ1v) is 7.81. The molecular formula is C18H18N4S. The summed E-state index contributed by atoms with van der Waals surface area (Å²) >= 11 is 4.34. The van der Waals surface area contributed by atoms with E-state index < -0.39 is 0 Å². The van der Waals surface area contributed by atoms with Crippen molar-refractivity contribution < 1.29 is 0 Å². The number of rotatable bonds is 3. The molecule has 2 heterocycles. The number of pyridine rings is 1. The van der Waals surface area contributed by atoms with Gasteiger partial charge in [-0.3, -0.25) is 4.40 Å². The molecule has 0 radical (unpaired) electrons. The van der Waals surface area contributed by atoms with Crippen LogP contribution in [0.4, 0.5) is 5.82 Å². The Morgan fingerprint density at radius 1 is 1.26 bits per heavy atom. The fourth-order valence-corrected chi connectivity index (χ4v) is 3.09. The molecule has 0 spiro atoms. The molecule has 23 heavy (non-hydrogen) atoms. The molecule has 3 rings (SSSR count). The minimum Gasteiger partial charge on any atom is -0.364 e. The third-order valence-corrected chi connectivity index (χ3v) is 4.34. The molecule has 0 N–H and O–H groups in total. The van der Waals surface area contributed by atoms with Gasteiger partial charge in [-0.05, 0) is 30.2 Å². The number of anilines is 1. The predicted octanol–water partition coefficient (Wildman–Crippen LogP) is 3.46. The van der Waals surface area contributed by atoms with E-state index in [4.69, 9.17) is 0 Å². The van der Waals surface area contributed by atoms with Crippen LogP contribution in [0.1, 0.15) is 22.3 Å². The molecule has 0 unspecified atom stereocenters. The molecule has 5 heteroatoms. The lowest BCUT2D eigenvalue weighted by Gasteiger charge is -2.22. The number of nitriles is 1. The van der Waals surface area contributed by atoms with Gasteiger partial charge in [-0.2, -0.15) is 5.26 Å². The van der Waals surface area contributed by atoms with Crippen molar-refractivity contribution in [3.63, 3.8) is 0 Å². The second kappa shape index (κ2) is 5.98. The maximum absolute atomic E-state index is 9.56. The Balaban J connectivity index is 2.25. The van der Waals surface area contributed by atoms with Crippen LogP contribution in [0.15, 0.2) is 41.6 Å². The smallest absolute Gasteiger partial charge is 0.156 e. The maximum Gasteiger partial charge on any atom is 0.156 e. The van der Waals surface area contributed by atoms with Crippen molar-refractivity contribution in [3.05, 3.63) is 58.9 Å². The van der Waals surface area contributed by atoms with Crippen LogP contribution in [0.3, 0.4) is 0 Å². The van der Waals surface area contributed by atoms with E-state index in [0.717, 1.165) is 28.3 Å². The molecule has 0 bridgehead atoms. The predicted molar refractivity (Wildman–Crippen MR) is 95.5 cm³/mol. The second-order valence-corrected chi connectivity index (χ2v) is 6.29. The molecule has 0 atom stereocenters. The van der Waals surface area contributed by atoms with Crippen LogP contribution in [0.5, 0.6) is 0 Å². The maximum atomic E-state index is 9.56. The fraction of sp³-hybridized carbons (Fsp3) is 0.222. The second-order valence-electron chi connectivity index (χ2n) is 5.77. The van der Waals surface area contributed by atoms with Crippen LogP contribution in [0, 0.1) is 18.3 Å². The van der Waals surface area contributed by atoms with Crippen molar-refractivity contribution in [1.82, 2.24) is 9.38 Å². The van der Waals surface area contributed by atoms with E-state index in [1.54, 1.807) is 6.20 Å². The van der Waals surface area contributed by atoms with E-state index in [2.05, 4.69) is 40.7 Å². The van der Waals surface area contributed by atoms with Crippen molar-refractivity contribution in [3.8, 4) is 6.07 Å². The average Bonchev–Trinajstić information content (AvgIpc) is 2.98. The molecule has 0 saturated carbocycles. The Hall–Kier alpha value is -2.45. The van der Waals surface area contributed by atoms with Gasteiger partial charge in [0, 0.05) is 43.4 Å². The van der Waals surface area contributed by atoms with Crippen LogP contribution < -0.4 is 4.90 Å². The van der Waals surface area contributed by atoms with Gasteiger partial charge in [0.05, 0.1) is 5.56 Å².